The fourth-order valence-electron chi connectivity index (χ4n) is 1.49. The van der Waals surface area contributed by atoms with Crippen LogP contribution in [0.5, 0.6) is 5.75 Å². The van der Waals surface area contributed by atoms with Gasteiger partial charge >= 0.3 is 0 Å². The Bertz CT molecular complexity index is 454. The predicted octanol–water partition coefficient (Wildman–Crippen LogP) is -0.312. The molecule has 4 heteroatoms. The van der Waals surface area contributed by atoms with Crippen molar-refractivity contribution in [2.24, 2.45) is 0 Å². The number of methoxy groups -OCH3 is 1. The molecule has 2 aromatic rings. The van der Waals surface area contributed by atoms with Crippen molar-refractivity contribution in [3.05, 3.63) is 59.4 Å². The van der Waals surface area contributed by atoms with Crippen molar-refractivity contribution in [2.75, 3.05) is 7.11 Å². The minimum atomic E-state index is 0. The Morgan fingerprint density at radius 1 is 1.06 bits per heavy atom. The van der Waals surface area contributed by atoms with Gasteiger partial charge in [0.2, 0.25) is 0 Å². The molecule has 1 aromatic heterocycles. The first kappa shape index (κ1) is 13.8. The normalized spacial score (nSPS) is 9.53. The second-order valence-electron chi connectivity index (χ2n) is 3.54. The maximum atomic E-state index is 5.82. The second-order valence-corrected chi connectivity index (χ2v) is 3.97. The van der Waals surface area contributed by atoms with Crippen molar-refractivity contribution >= 4 is 11.6 Å². The number of halogens is 2. The highest BCUT2D eigenvalue weighted by atomic mass is 35.5. The molecule has 0 unspecified atom stereocenters. The number of ether oxygens (including phenoxy) is 1. The van der Waals surface area contributed by atoms with Gasteiger partial charge in [-0.25, -0.2) is 4.57 Å². The van der Waals surface area contributed by atoms with Crippen LogP contribution >= 0.6 is 11.6 Å². The summed E-state index contributed by atoms with van der Waals surface area (Å²) in [5.74, 6) is 0.879. The SMILES string of the molecule is COc1ccc(C[n+]2ccc(Cl)cc2)cc1.[Cl-]. The molecule has 90 valence electrons. The first-order valence-corrected chi connectivity index (χ1v) is 5.43. The van der Waals surface area contributed by atoms with Gasteiger partial charge in [-0.1, -0.05) is 11.6 Å². The van der Waals surface area contributed by atoms with E-state index in [2.05, 4.69) is 16.7 Å². The largest absolute Gasteiger partial charge is 1.00 e. The van der Waals surface area contributed by atoms with Gasteiger partial charge in [-0.3, -0.25) is 0 Å². The van der Waals surface area contributed by atoms with E-state index in [1.165, 1.54) is 5.56 Å². The van der Waals surface area contributed by atoms with Crippen molar-refractivity contribution in [3.8, 4) is 5.75 Å². The number of hydrogen-bond acceptors (Lipinski definition) is 1. The van der Waals surface area contributed by atoms with Crippen molar-refractivity contribution in [1.82, 2.24) is 0 Å². The average Bonchev–Trinajstić information content (AvgIpc) is 2.33. The molecule has 0 atom stereocenters. The van der Waals surface area contributed by atoms with Crippen LogP contribution in [-0.2, 0) is 6.54 Å². The van der Waals surface area contributed by atoms with Crippen molar-refractivity contribution in [1.29, 1.82) is 0 Å². The Kier molecular flexibility index (Phi) is 5.26. The zero-order chi connectivity index (χ0) is 11.4. The van der Waals surface area contributed by atoms with E-state index in [-0.39, 0.29) is 12.4 Å². The Morgan fingerprint density at radius 3 is 2.18 bits per heavy atom. The number of aromatic nitrogens is 1. The lowest BCUT2D eigenvalue weighted by molar-refractivity contribution is -0.688. The van der Waals surface area contributed by atoms with Crippen LogP contribution in [-0.4, -0.2) is 7.11 Å². The topological polar surface area (TPSA) is 13.1 Å². The van der Waals surface area contributed by atoms with E-state index in [1.807, 2.05) is 36.7 Å². The van der Waals surface area contributed by atoms with E-state index in [0.29, 0.717) is 0 Å². The fourth-order valence-corrected chi connectivity index (χ4v) is 1.60. The van der Waals surface area contributed by atoms with Gasteiger partial charge in [0.1, 0.15) is 5.75 Å². The lowest BCUT2D eigenvalue weighted by Crippen LogP contribution is -3.00. The lowest BCUT2D eigenvalue weighted by atomic mass is 10.2. The lowest BCUT2D eigenvalue weighted by Gasteiger charge is -2.00. The maximum absolute atomic E-state index is 5.82. The summed E-state index contributed by atoms with van der Waals surface area (Å²) in [5, 5.41) is 0.756. The molecule has 0 radical (unpaired) electrons. The molecule has 2 nitrogen and oxygen atoms in total. The highest BCUT2D eigenvalue weighted by molar-refractivity contribution is 6.30. The highest BCUT2D eigenvalue weighted by Crippen LogP contribution is 2.11. The van der Waals surface area contributed by atoms with Crippen LogP contribution in [0.25, 0.3) is 0 Å². The van der Waals surface area contributed by atoms with Crippen LogP contribution < -0.4 is 21.7 Å². The summed E-state index contributed by atoms with van der Waals surface area (Å²) in [6.07, 6.45) is 3.93. The molecule has 0 bridgehead atoms. The molecule has 0 saturated heterocycles. The highest BCUT2D eigenvalue weighted by Gasteiger charge is 2.02. The zero-order valence-electron chi connectivity index (χ0n) is 9.44. The van der Waals surface area contributed by atoms with E-state index in [9.17, 15) is 0 Å². The molecule has 2 rings (SSSR count). The van der Waals surface area contributed by atoms with Gasteiger partial charge in [0.05, 0.1) is 12.1 Å². The Balaban J connectivity index is 0.00000144. The van der Waals surface area contributed by atoms with Crippen molar-refractivity contribution in [2.45, 2.75) is 6.54 Å². The van der Waals surface area contributed by atoms with E-state index < -0.39 is 0 Å². The predicted molar refractivity (Wildman–Crippen MR) is 63.7 cm³/mol. The van der Waals surface area contributed by atoms with Crippen molar-refractivity contribution < 1.29 is 21.7 Å². The minimum Gasteiger partial charge on any atom is -1.00 e. The molecule has 0 N–H and O–H groups in total. The summed E-state index contributed by atoms with van der Waals surface area (Å²) in [6.45, 7) is 0.834. The molecule has 0 spiro atoms. The van der Waals surface area contributed by atoms with E-state index in [1.54, 1.807) is 7.11 Å². The molecule has 0 amide bonds. The number of benzene rings is 1. The average molecular weight is 270 g/mol. The minimum absolute atomic E-state index is 0. The first-order valence-electron chi connectivity index (χ1n) is 5.05. The van der Waals surface area contributed by atoms with Gasteiger partial charge in [0.15, 0.2) is 18.9 Å². The van der Waals surface area contributed by atoms with E-state index in [4.69, 9.17) is 16.3 Å². The molecule has 0 aliphatic heterocycles. The van der Waals surface area contributed by atoms with Crippen LogP contribution in [0.1, 0.15) is 5.56 Å². The first-order chi connectivity index (χ1) is 7.78. The number of pyridine rings is 1. The Hall–Kier alpha value is -1.25. The van der Waals surface area contributed by atoms with Crippen molar-refractivity contribution in [3.63, 3.8) is 0 Å². The van der Waals surface area contributed by atoms with Crippen LogP contribution in [0.3, 0.4) is 0 Å². The summed E-state index contributed by atoms with van der Waals surface area (Å²) in [6, 6.07) is 11.8. The summed E-state index contributed by atoms with van der Waals surface area (Å²) in [5.41, 5.74) is 1.23. The van der Waals surface area contributed by atoms with Gasteiger partial charge in [0, 0.05) is 17.7 Å². The second kappa shape index (κ2) is 6.48. The zero-order valence-corrected chi connectivity index (χ0v) is 10.9. The smallest absolute Gasteiger partial charge is 0.173 e. The van der Waals surface area contributed by atoms with Gasteiger partial charge in [-0.05, 0) is 24.3 Å². The van der Waals surface area contributed by atoms with Crippen LogP contribution in [0.2, 0.25) is 5.02 Å². The Labute approximate surface area is 112 Å². The fraction of sp³-hybridized carbons (Fsp3) is 0.154. The molecule has 0 aliphatic rings. The molecular weight excluding hydrogens is 257 g/mol. The third-order valence-electron chi connectivity index (χ3n) is 2.37. The standard InChI is InChI=1S/C13H13ClNO.ClH/c1-16-13-4-2-11(3-5-13)10-15-8-6-12(14)7-9-15;/h2-9H,10H2,1H3;1H/q+1;/p-1. The molecular formula is C13H13Cl2NO. The van der Waals surface area contributed by atoms with Crippen LogP contribution in [0.4, 0.5) is 0 Å². The quantitative estimate of drug-likeness (QED) is 0.697. The molecule has 0 aliphatic carbocycles. The molecule has 1 heterocycles. The Morgan fingerprint density at radius 2 is 1.65 bits per heavy atom. The number of nitrogens with zero attached hydrogens (tertiary/aromatic N) is 1. The van der Waals surface area contributed by atoms with Gasteiger partial charge in [-0.15, -0.1) is 0 Å². The van der Waals surface area contributed by atoms with Crippen LogP contribution in [0, 0.1) is 0 Å². The van der Waals surface area contributed by atoms with Crippen LogP contribution in [0.15, 0.2) is 48.8 Å². The van der Waals surface area contributed by atoms with Gasteiger partial charge in [-0.2, -0.15) is 0 Å². The van der Waals surface area contributed by atoms with Gasteiger partial charge in [0.25, 0.3) is 0 Å². The third kappa shape index (κ3) is 3.91. The molecule has 0 saturated carbocycles. The third-order valence-corrected chi connectivity index (χ3v) is 2.63. The molecule has 17 heavy (non-hydrogen) atoms. The summed E-state index contributed by atoms with van der Waals surface area (Å²) < 4.78 is 7.19. The molecule has 0 fully saturated rings. The van der Waals surface area contributed by atoms with E-state index in [0.717, 1.165) is 17.3 Å². The summed E-state index contributed by atoms with van der Waals surface area (Å²) in [4.78, 5) is 0. The van der Waals surface area contributed by atoms with E-state index >= 15 is 0 Å². The summed E-state index contributed by atoms with van der Waals surface area (Å²) in [7, 11) is 1.67. The maximum Gasteiger partial charge on any atom is 0.173 e. The van der Waals surface area contributed by atoms with Gasteiger partial charge < -0.3 is 17.1 Å². The summed E-state index contributed by atoms with van der Waals surface area (Å²) >= 11 is 5.82. The molecule has 1 aromatic carbocycles. The number of hydrogen-bond donors (Lipinski definition) is 0. The monoisotopic (exact) mass is 269 g/mol. The number of rotatable bonds is 3.